The third kappa shape index (κ3) is 3.66. The van der Waals surface area contributed by atoms with Crippen LogP contribution in [0.3, 0.4) is 0 Å². The minimum absolute atomic E-state index is 0.310. The number of methoxy groups -OCH3 is 1. The quantitative estimate of drug-likeness (QED) is 0.848. The number of nitrogens with zero attached hydrogens (tertiary/aromatic N) is 1. The van der Waals surface area contributed by atoms with Gasteiger partial charge in [0.2, 0.25) is 0 Å². The Kier molecular flexibility index (Phi) is 4.30. The van der Waals surface area contributed by atoms with E-state index < -0.39 is 0 Å². The Bertz CT molecular complexity index is 573. The van der Waals surface area contributed by atoms with Gasteiger partial charge in [-0.25, -0.2) is 0 Å². The molecule has 0 saturated heterocycles. The van der Waals surface area contributed by atoms with Gasteiger partial charge in [-0.1, -0.05) is 18.3 Å². The highest BCUT2D eigenvalue weighted by Gasteiger charge is 2.05. The lowest BCUT2D eigenvalue weighted by Gasteiger charge is -2.10. The first-order valence-corrected chi connectivity index (χ1v) is 6.10. The van der Waals surface area contributed by atoms with Gasteiger partial charge in [-0.2, -0.15) is 0 Å². The Hall–Kier alpha value is -2.14. The molecule has 4 nitrogen and oxygen atoms in total. The average Bonchev–Trinajstić information content (AvgIpc) is 2.45. The molecule has 1 heterocycles. The SMILES string of the molecule is COc1cc(OCc2cccnc2)cc(C(N)=S)c1. The molecule has 0 aliphatic heterocycles. The third-order valence-electron chi connectivity index (χ3n) is 2.53. The molecule has 1 aromatic heterocycles. The Morgan fingerprint density at radius 1 is 1.32 bits per heavy atom. The first kappa shape index (κ1) is 13.3. The fourth-order valence-electron chi connectivity index (χ4n) is 1.57. The van der Waals surface area contributed by atoms with E-state index in [1.54, 1.807) is 37.7 Å². The highest BCUT2D eigenvalue weighted by atomic mass is 32.1. The number of benzene rings is 1. The van der Waals surface area contributed by atoms with Crippen LogP contribution in [0.25, 0.3) is 0 Å². The van der Waals surface area contributed by atoms with Crippen molar-refractivity contribution in [3.63, 3.8) is 0 Å². The van der Waals surface area contributed by atoms with Crippen LogP contribution in [0.5, 0.6) is 11.5 Å². The number of pyridine rings is 1. The molecule has 19 heavy (non-hydrogen) atoms. The van der Waals surface area contributed by atoms with Crippen molar-refractivity contribution in [2.75, 3.05) is 7.11 Å². The number of ether oxygens (including phenoxy) is 2. The molecule has 0 spiro atoms. The lowest BCUT2D eigenvalue weighted by Crippen LogP contribution is -2.09. The molecule has 2 rings (SSSR count). The molecule has 5 heteroatoms. The molecule has 0 saturated carbocycles. The number of hydrogen-bond donors (Lipinski definition) is 1. The average molecular weight is 274 g/mol. The first-order valence-electron chi connectivity index (χ1n) is 5.69. The van der Waals surface area contributed by atoms with E-state index in [0.717, 1.165) is 11.1 Å². The molecular weight excluding hydrogens is 260 g/mol. The summed E-state index contributed by atoms with van der Waals surface area (Å²) in [6, 6.07) is 9.17. The fraction of sp³-hybridized carbons (Fsp3) is 0.143. The minimum atomic E-state index is 0.310. The molecule has 0 bridgehead atoms. The van der Waals surface area contributed by atoms with Gasteiger partial charge in [0.25, 0.3) is 0 Å². The third-order valence-corrected chi connectivity index (χ3v) is 2.76. The van der Waals surface area contributed by atoms with Crippen LogP contribution in [0.4, 0.5) is 0 Å². The van der Waals surface area contributed by atoms with E-state index in [1.807, 2.05) is 12.1 Å². The number of aromatic nitrogens is 1. The molecule has 0 radical (unpaired) electrons. The van der Waals surface area contributed by atoms with Crippen LogP contribution >= 0.6 is 12.2 Å². The maximum atomic E-state index is 5.69. The Balaban J connectivity index is 2.15. The molecule has 1 aromatic carbocycles. The highest BCUT2D eigenvalue weighted by molar-refractivity contribution is 7.80. The normalized spacial score (nSPS) is 9.95. The van der Waals surface area contributed by atoms with Gasteiger partial charge in [-0.15, -0.1) is 0 Å². The fourth-order valence-corrected chi connectivity index (χ4v) is 1.68. The van der Waals surface area contributed by atoms with Crippen LogP contribution in [0.15, 0.2) is 42.7 Å². The van der Waals surface area contributed by atoms with Crippen molar-refractivity contribution >= 4 is 17.2 Å². The van der Waals surface area contributed by atoms with Gasteiger partial charge in [0, 0.05) is 29.6 Å². The zero-order valence-electron chi connectivity index (χ0n) is 10.5. The molecule has 0 atom stereocenters. The zero-order chi connectivity index (χ0) is 13.7. The molecular formula is C14H14N2O2S. The molecule has 0 aliphatic carbocycles. The Labute approximate surface area is 117 Å². The van der Waals surface area contributed by atoms with Crippen LogP contribution < -0.4 is 15.2 Å². The topological polar surface area (TPSA) is 57.4 Å². The van der Waals surface area contributed by atoms with Gasteiger partial charge in [0.15, 0.2) is 0 Å². The van der Waals surface area contributed by atoms with Crippen LogP contribution in [-0.4, -0.2) is 17.1 Å². The smallest absolute Gasteiger partial charge is 0.124 e. The number of rotatable bonds is 5. The summed E-state index contributed by atoms with van der Waals surface area (Å²) >= 11 is 4.96. The predicted molar refractivity (Wildman–Crippen MR) is 77.5 cm³/mol. The first-order chi connectivity index (χ1) is 9.19. The molecule has 0 fully saturated rings. The maximum absolute atomic E-state index is 5.69. The van der Waals surface area contributed by atoms with E-state index in [-0.39, 0.29) is 0 Å². The standard InChI is InChI=1S/C14H14N2O2S/c1-17-12-5-11(14(15)19)6-13(7-12)18-9-10-3-2-4-16-8-10/h2-8H,9H2,1H3,(H2,15,19). The van der Waals surface area contributed by atoms with E-state index in [9.17, 15) is 0 Å². The van der Waals surface area contributed by atoms with E-state index in [0.29, 0.717) is 23.1 Å². The van der Waals surface area contributed by atoms with E-state index >= 15 is 0 Å². The van der Waals surface area contributed by atoms with Crippen molar-refractivity contribution in [3.05, 3.63) is 53.9 Å². The van der Waals surface area contributed by atoms with Gasteiger partial charge in [0.1, 0.15) is 23.1 Å². The Morgan fingerprint density at radius 2 is 2.11 bits per heavy atom. The largest absolute Gasteiger partial charge is 0.497 e. The summed E-state index contributed by atoms with van der Waals surface area (Å²) in [6.07, 6.45) is 3.48. The van der Waals surface area contributed by atoms with E-state index in [2.05, 4.69) is 4.98 Å². The maximum Gasteiger partial charge on any atom is 0.124 e. The number of hydrogen-bond acceptors (Lipinski definition) is 4. The zero-order valence-corrected chi connectivity index (χ0v) is 11.3. The molecule has 2 N–H and O–H groups in total. The van der Waals surface area contributed by atoms with Gasteiger partial charge < -0.3 is 15.2 Å². The van der Waals surface area contributed by atoms with Gasteiger partial charge >= 0.3 is 0 Å². The van der Waals surface area contributed by atoms with Gasteiger partial charge in [0.05, 0.1) is 7.11 Å². The summed E-state index contributed by atoms with van der Waals surface area (Å²) in [7, 11) is 1.59. The molecule has 0 unspecified atom stereocenters. The second-order valence-electron chi connectivity index (χ2n) is 3.91. The summed E-state index contributed by atoms with van der Waals surface area (Å²) in [5.74, 6) is 1.32. The minimum Gasteiger partial charge on any atom is -0.497 e. The summed E-state index contributed by atoms with van der Waals surface area (Å²) in [4.78, 5) is 4.34. The van der Waals surface area contributed by atoms with Crippen LogP contribution in [0.2, 0.25) is 0 Å². The van der Waals surface area contributed by atoms with Crippen molar-refractivity contribution in [1.82, 2.24) is 4.98 Å². The monoisotopic (exact) mass is 274 g/mol. The second-order valence-corrected chi connectivity index (χ2v) is 4.35. The van der Waals surface area contributed by atoms with Crippen LogP contribution in [0, 0.1) is 0 Å². The van der Waals surface area contributed by atoms with Crippen molar-refractivity contribution in [3.8, 4) is 11.5 Å². The van der Waals surface area contributed by atoms with Crippen molar-refractivity contribution < 1.29 is 9.47 Å². The van der Waals surface area contributed by atoms with Crippen LogP contribution in [0.1, 0.15) is 11.1 Å². The van der Waals surface area contributed by atoms with E-state index in [4.69, 9.17) is 27.4 Å². The highest BCUT2D eigenvalue weighted by Crippen LogP contribution is 2.23. The number of nitrogens with two attached hydrogens (primary N) is 1. The Morgan fingerprint density at radius 3 is 2.74 bits per heavy atom. The molecule has 0 aliphatic rings. The second kappa shape index (κ2) is 6.15. The lowest BCUT2D eigenvalue weighted by molar-refractivity contribution is 0.303. The van der Waals surface area contributed by atoms with Gasteiger partial charge in [-0.05, 0) is 18.2 Å². The molecule has 98 valence electrons. The van der Waals surface area contributed by atoms with Crippen molar-refractivity contribution in [2.24, 2.45) is 5.73 Å². The van der Waals surface area contributed by atoms with Crippen LogP contribution in [-0.2, 0) is 6.61 Å². The summed E-state index contributed by atoms with van der Waals surface area (Å²) < 4.78 is 10.9. The number of thiocarbonyl (C=S) groups is 1. The molecule has 0 amide bonds. The van der Waals surface area contributed by atoms with E-state index in [1.165, 1.54) is 0 Å². The lowest BCUT2D eigenvalue weighted by atomic mass is 10.2. The molecule has 2 aromatic rings. The summed E-state index contributed by atoms with van der Waals surface area (Å²) in [5.41, 5.74) is 7.33. The predicted octanol–water partition coefficient (Wildman–Crippen LogP) is 2.30. The summed E-state index contributed by atoms with van der Waals surface area (Å²) in [5, 5.41) is 0. The van der Waals surface area contributed by atoms with Crippen molar-refractivity contribution in [2.45, 2.75) is 6.61 Å². The summed E-state index contributed by atoms with van der Waals surface area (Å²) in [6.45, 7) is 0.428. The van der Waals surface area contributed by atoms with Crippen molar-refractivity contribution in [1.29, 1.82) is 0 Å². The van der Waals surface area contributed by atoms with Gasteiger partial charge in [-0.3, -0.25) is 4.98 Å².